The Labute approximate surface area is 176 Å². The van der Waals surface area contributed by atoms with Crippen LogP contribution < -0.4 is 10.4 Å². The van der Waals surface area contributed by atoms with Gasteiger partial charge in [-0.3, -0.25) is 4.79 Å². The maximum absolute atomic E-state index is 11.8. The zero-order valence-corrected chi connectivity index (χ0v) is 19.2. The zero-order chi connectivity index (χ0) is 20.9. The molecule has 0 N–H and O–H groups in total. The summed E-state index contributed by atoms with van der Waals surface area (Å²) in [4.78, 5) is 11.8. The highest BCUT2D eigenvalue weighted by Crippen LogP contribution is 2.37. The normalized spacial score (nSPS) is 20.3. The van der Waals surface area contributed by atoms with Crippen LogP contribution in [-0.4, -0.2) is 27.5 Å². The molecule has 3 rings (SSSR count). The predicted molar refractivity (Wildman–Crippen MR) is 121 cm³/mol. The summed E-state index contributed by atoms with van der Waals surface area (Å²) in [7, 11) is -2.50. The molecule has 0 unspecified atom stereocenters. The van der Waals surface area contributed by atoms with Crippen molar-refractivity contribution in [2.24, 2.45) is 11.8 Å². The van der Waals surface area contributed by atoms with Crippen LogP contribution >= 0.6 is 0 Å². The van der Waals surface area contributed by atoms with E-state index in [-0.39, 0.29) is 11.0 Å². The van der Waals surface area contributed by atoms with Crippen LogP contribution in [0.25, 0.3) is 0 Å². The molecular weight excluding hydrogens is 376 g/mol. The van der Waals surface area contributed by atoms with Crippen LogP contribution in [0.3, 0.4) is 0 Å². The number of cyclic esters (lactones) is 1. The molecule has 0 amide bonds. The minimum absolute atomic E-state index is 0.0225. The molecule has 1 saturated heterocycles. The van der Waals surface area contributed by atoms with Gasteiger partial charge in [-0.15, -0.1) is 0 Å². The second-order valence-electron chi connectivity index (χ2n) is 9.12. The molecule has 0 radical (unpaired) electrons. The molecule has 0 spiro atoms. The van der Waals surface area contributed by atoms with Gasteiger partial charge < -0.3 is 9.16 Å². The van der Waals surface area contributed by atoms with Gasteiger partial charge in [0.25, 0.3) is 8.32 Å². The zero-order valence-electron chi connectivity index (χ0n) is 18.2. The SMILES string of the molecule is CC[C@H]1COC(=O)C[C@@H]1CCO[Si](c1ccccc1)(c1ccccc1)C(C)(C)C. The van der Waals surface area contributed by atoms with Crippen LogP contribution in [0.2, 0.25) is 5.04 Å². The van der Waals surface area contributed by atoms with E-state index in [1.807, 2.05) is 0 Å². The molecule has 0 bridgehead atoms. The molecule has 0 aliphatic carbocycles. The molecule has 3 nitrogen and oxygen atoms in total. The van der Waals surface area contributed by atoms with Crippen molar-refractivity contribution in [2.75, 3.05) is 13.2 Å². The van der Waals surface area contributed by atoms with Crippen molar-refractivity contribution in [2.45, 2.75) is 52.0 Å². The van der Waals surface area contributed by atoms with E-state index in [0.29, 0.717) is 31.5 Å². The number of esters is 1. The van der Waals surface area contributed by atoms with E-state index in [2.05, 4.69) is 88.4 Å². The van der Waals surface area contributed by atoms with E-state index in [9.17, 15) is 4.79 Å². The summed E-state index contributed by atoms with van der Waals surface area (Å²) >= 11 is 0. The number of carbonyl (C=O) groups excluding carboxylic acids is 1. The Bertz CT molecular complexity index is 743. The average molecular weight is 411 g/mol. The third kappa shape index (κ3) is 4.64. The van der Waals surface area contributed by atoms with E-state index >= 15 is 0 Å². The summed E-state index contributed by atoms with van der Waals surface area (Å²) in [6.07, 6.45) is 2.46. The van der Waals surface area contributed by atoms with Gasteiger partial charge in [-0.05, 0) is 40.1 Å². The van der Waals surface area contributed by atoms with Crippen molar-refractivity contribution in [1.82, 2.24) is 0 Å². The molecule has 2 aromatic carbocycles. The number of hydrogen-bond donors (Lipinski definition) is 0. The Morgan fingerprint density at radius 1 is 0.966 bits per heavy atom. The maximum atomic E-state index is 11.8. The van der Waals surface area contributed by atoms with E-state index in [0.717, 1.165) is 12.8 Å². The molecule has 29 heavy (non-hydrogen) atoms. The fraction of sp³-hybridized carbons (Fsp3) is 0.480. The predicted octanol–water partition coefficient (Wildman–Crippen LogP) is 4.54. The molecule has 1 aliphatic heterocycles. The Hall–Kier alpha value is -1.91. The Morgan fingerprint density at radius 3 is 2.00 bits per heavy atom. The standard InChI is InChI=1S/C25H34O3Si/c1-5-20-19-27-24(26)18-21(20)16-17-28-29(25(2,3)4,22-12-8-6-9-13-22)23-14-10-7-11-15-23/h6-15,20-21H,5,16-19H2,1-4H3/t20-,21-/m0/s1. The van der Waals surface area contributed by atoms with Crippen LogP contribution in [-0.2, 0) is 14.0 Å². The van der Waals surface area contributed by atoms with Crippen molar-refractivity contribution in [3.05, 3.63) is 60.7 Å². The quantitative estimate of drug-likeness (QED) is 0.496. The third-order valence-electron chi connectivity index (χ3n) is 6.30. The Kier molecular flexibility index (Phi) is 6.96. The lowest BCUT2D eigenvalue weighted by Crippen LogP contribution is -2.66. The fourth-order valence-electron chi connectivity index (χ4n) is 4.69. The average Bonchev–Trinajstić information content (AvgIpc) is 2.72. The number of benzene rings is 2. The monoisotopic (exact) mass is 410 g/mol. The second kappa shape index (κ2) is 9.27. The molecule has 2 atom stereocenters. The molecule has 1 fully saturated rings. The highest BCUT2D eigenvalue weighted by molar-refractivity contribution is 6.99. The summed E-state index contributed by atoms with van der Waals surface area (Å²) in [5.74, 6) is 0.722. The fourth-order valence-corrected chi connectivity index (χ4v) is 9.27. The first kappa shape index (κ1) is 21.8. The first-order valence-corrected chi connectivity index (χ1v) is 12.7. The van der Waals surface area contributed by atoms with E-state index in [1.165, 1.54) is 10.4 Å². The summed E-state index contributed by atoms with van der Waals surface area (Å²) < 4.78 is 12.3. The number of hydrogen-bond acceptors (Lipinski definition) is 3. The molecule has 156 valence electrons. The van der Waals surface area contributed by atoms with Crippen LogP contribution in [0.4, 0.5) is 0 Å². The van der Waals surface area contributed by atoms with Gasteiger partial charge in [-0.2, -0.15) is 0 Å². The van der Waals surface area contributed by atoms with Gasteiger partial charge in [0.1, 0.15) is 0 Å². The van der Waals surface area contributed by atoms with E-state index < -0.39 is 8.32 Å². The van der Waals surface area contributed by atoms with Gasteiger partial charge in [0, 0.05) is 13.0 Å². The van der Waals surface area contributed by atoms with Crippen LogP contribution in [0.5, 0.6) is 0 Å². The first-order chi connectivity index (χ1) is 13.9. The van der Waals surface area contributed by atoms with Gasteiger partial charge in [-0.25, -0.2) is 0 Å². The van der Waals surface area contributed by atoms with Crippen LogP contribution in [0.15, 0.2) is 60.7 Å². The van der Waals surface area contributed by atoms with Crippen molar-refractivity contribution >= 4 is 24.7 Å². The maximum Gasteiger partial charge on any atom is 0.306 e. The molecule has 0 aromatic heterocycles. The topological polar surface area (TPSA) is 35.5 Å². The van der Waals surface area contributed by atoms with Gasteiger partial charge in [-0.1, -0.05) is 88.4 Å². The van der Waals surface area contributed by atoms with Crippen molar-refractivity contribution in [1.29, 1.82) is 0 Å². The number of carbonyl (C=O) groups is 1. The van der Waals surface area contributed by atoms with E-state index in [1.54, 1.807) is 0 Å². The molecule has 2 aromatic rings. The Balaban J connectivity index is 1.91. The van der Waals surface area contributed by atoms with Gasteiger partial charge in [0.15, 0.2) is 0 Å². The number of rotatable bonds is 7. The van der Waals surface area contributed by atoms with Crippen LogP contribution in [0, 0.1) is 11.8 Å². The van der Waals surface area contributed by atoms with E-state index in [4.69, 9.17) is 9.16 Å². The van der Waals surface area contributed by atoms with Crippen molar-refractivity contribution in [3.63, 3.8) is 0 Å². The summed E-state index contributed by atoms with van der Waals surface area (Å²) in [6, 6.07) is 21.5. The highest BCUT2D eigenvalue weighted by Gasteiger charge is 2.50. The molecule has 1 heterocycles. The lowest BCUT2D eigenvalue weighted by molar-refractivity contribution is -0.153. The van der Waals surface area contributed by atoms with Gasteiger partial charge in [0.05, 0.1) is 6.61 Å². The first-order valence-electron chi connectivity index (χ1n) is 10.8. The molecule has 1 aliphatic rings. The lowest BCUT2D eigenvalue weighted by Gasteiger charge is -2.43. The number of ether oxygens (including phenoxy) is 1. The minimum atomic E-state index is -2.50. The van der Waals surface area contributed by atoms with Crippen molar-refractivity contribution < 1.29 is 14.0 Å². The van der Waals surface area contributed by atoms with Gasteiger partial charge in [0.2, 0.25) is 0 Å². The summed E-state index contributed by atoms with van der Waals surface area (Å²) in [5, 5.41) is 2.58. The molecule has 0 saturated carbocycles. The smallest absolute Gasteiger partial charge is 0.306 e. The molecule has 4 heteroatoms. The van der Waals surface area contributed by atoms with Crippen LogP contribution in [0.1, 0.15) is 47.0 Å². The minimum Gasteiger partial charge on any atom is -0.465 e. The lowest BCUT2D eigenvalue weighted by atomic mass is 9.84. The second-order valence-corrected chi connectivity index (χ2v) is 13.4. The molecular formula is C25H34O3Si. The highest BCUT2D eigenvalue weighted by atomic mass is 28.4. The largest absolute Gasteiger partial charge is 0.465 e. The summed E-state index contributed by atoms with van der Waals surface area (Å²) in [5.41, 5.74) is 0. The Morgan fingerprint density at radius 2 is 1.52 bits per heavy atom. The van der Waals surface area contributed by atoms with Crippen molar-refractivity contribution in [3.8, 4) is 0 Å². The summed E-state index contributed by atoms with van der Waals surface area (Å²) in [6.45, 7) is 10.3. The third-order valence-corrected chi connectivity index (χ3v) is 11.3. The van der Waals surface area contributed by atoms with Gasteiger partial charge >= 0.3 is 5.97 Å².